The summed E-state index contributed by atoms with van der Waals surface area (Å²) in [7, 11) is 1.71. The van der Waals surface area contributed by atoms with E-state index in [9.17, 15) is 18.4 Å². The van der Waals surface area contributed by atoms with E-state index in [4.69, 9.17) is 0 Å². The van der Waals surface area contributed by atoms with Gasteiger partial charge in [-0.25, -0.2) is 8.78 Å². The minimum atomic E-state index is -2.63. The lowest BCUT2D eigenvalue weighted by Crippen LogP contribution is -2.48. The maximum absolute atomic E-state index is 13.3. The van der Waals surface area contributed by atoms with Gasteiger partial charge in [-0.05, 0) is 31.0 Å². The summed E-state index contributed by atoms with van der Waals surface area (Å²) in [6, 6.07) is 3.54. The minimum Gasteiger partial charge on any atom is -0.342 e. The van der Waals surface area contributed by atoms with E-state index < -0.39 is 5.92 Å². The zero-order chi connectivity index (χ0) is 18.0. The van der Waals surface area contributed by atoms with Gasteiger partial charge in [-0.1, -0.05) is 0 Å². The first-order chi connectivity index (χ1) is 11.8. The van der Waals surface area contributed by atoms with Gasteiger partial charge in [0.2, 0.25) is 5.91 Å². The molecule has 0 saturated carbocycles. The van der Waals surface area contributed by atoms with Crippen molar-refractivity contribution < 1.29 is 13.6 Å². The normalized spacial score (nSPS) is 24.3. The number of likely N-dealkylation sites (tertiary alicyclic amines) is 2. The summed E-state index contributed by atoms with van der Waals surface area (Å²) in [5.41, 5.74) is 0.894. The number of rotatable bonds is 3. The number of piperidine rings is 2. The predicted octanol–water partition coefficient (Wildman–Crippen LogP) is 1.85. The van der Waals surface area contributed by atoms with Crippen molar-refractivity contribution in [3.05, 3.63) is 34.2 Å². The van der Waals surface area contributed by atoms with Crippen molar-refractivity contribution in [3.63, 3.8) is 0 Å². The molecule has 1 unspecified atom stereocenters. The Morgan fingerprint density at radius 2 is 2.00 bits per heavy atom. The number of pyridine rings is 1. The van der Waals surface area contributed by atoms with Crippen molar-refractivity contribution in [1.29, 1.82) is 0 Å². The average Bonchev–Trinajstić information content (AvgIpc) is 2.58. The molecule has 0 bridgehead atoms. The van der Waals surface area contributed by atoms with Gasteiger partial charge in [-0.15, -0.1) is 0 Å². The Balaban J connectivity index is 1.58. The van der Waals surface area contributed by atoms with E-state index in [-0.39, 0.29) is 43.3 Å². The van der Waals surface area contributed by atoms with Crippen molar-refractivity contribution in [3.8, 4) is 0 Å². The highest BCUT2D eigenvalue weighted by molar-refractivity contribution is 5.79. The molecule has 3 heterocycles. The summed E-state index contributed by atoms with van der Waals surface area (Å²) < 4.78 is 28.1. The Morgan fingerprint density at radius 3 is 2.68 bits per heavy atom. The highest BCUT2D eigenvalue weighted by Crippen LogP contribution is 2.29. The second-order valence-corrected chi connectivity index (χ2v) is 7.24. The van der Waals surface area contributed by atoms with Crippen LogP contribution in [0.25, 0.3) is 0 Å². The molecular formula is C18H25F2N3O2. The lowest BCUT2D eigenvalue weighted by Gasteiger charge is -2.37. The first-order valence-electron chi connectivity index (χ1n) is 8.89. The molecule has 0 spiro atoms. The molecule has 3 rings (SSSR count). The van der Waals surface area contributed by atoms with Gasteiger partial charge in [-0.3, -0.25) is 14.5 Å². The number of halogens is 2. The zero-order valence-corrected chi connectivity index (χ0v) is 14.6. The molecule has 7 heteroatoms. The van der Waals surface area contributed by atoms with Crippen LogP contribution < -0.4 is 5.56 Å². The molecule has 1 amide bonds. The molecule has 2 aliphatic heterocycles. The van der Waals surface area contributed by atoms with Crippen LogP contribution in [0.4, 0.5) is 8.78 Å². The molecule has 2 saturated heterocycles. The van der Waals surface area contributed by atoms with Gasteiger partial charge >= 0.3 is 0 Å². The van der Waals surface area contributed by atoms with Crippen LogP contribution in [0.1, 0.15) is 31.2 Å². The van der Waals surface area contributed by atoms with Crippen molar-refractivity contribution in [2.45, 2.75) is 38.2 Å². The molecule has 5 nitrogen and oxygen atoms in total. The third kappa shape index (κ3) is 4.45. The number of amides is 1. The molecule has 0 aliphatic carbocycles. The van der Waals surface area contributed by atoms with Gasteiger partial charge in [0.25, 0.3) is 11.5 Å². The molecule has 1 aromatic rings. The van der Waals surface area contributed by atoms with Gasteiger partial charge < -0.3 is 9.47 Å². The summed E-state index contributed by atoms with van der Waals surface area (Å²) in [6.07, 6.45) is 2.99. The first-order valence-corrected chi connectivity index (χ1v) is 8.89. The third-order valence-corrected chi connectivity index (χ3v) is 5.24. The fraction of sp³-hybridized carbons (Fsp3) is 0.667. The molecule has 2 aliphatic rings. The van der Waals surface area contributed by atoms with Crippen LogP contribution >= 0.6 is 0 Å². The van der Waals surface area contributed by atoms with Gasteiger partial charge in [0, 0.05) is 58.3 Å². The van der Waals surface area contributed by atoms with Crippen LogP contribution in [0.2, 0.25) is 0 Å². The summed E-state index contributed by atoms with van der Waals surface area (Å²) in [6.45, 7) is 2.45. The van der Waals surface area contributed by atoms with Crippen molar-refractivity contribution in [1.82, 2.24) is 14.4 Å². The lowest BCUT2D eigenvalue weighted by molar-refractivity contribution is -0.143. The quantitative estimate of drug-likeness (QED) is 0.833. The van der Waals surface area contributed by atoms with E-state index in [1.54, 1.807) is 24.2 Å². The van der Waals surface area contributed by atoms with E-state index in [1.165, 1.54) is 4.57 Å². The summed E-state index contributed by atoms with van der Waals surface area (Å²) in [5.74, 6) is -2.76. The van der Waals surface area contributed by atoms with E-state index >= 15 is 0 Å². The van der Waals surface area contributed by atoms with E-state index in [2.05, 4.69) is 4.90 Å². The predicted molar refractivity (Wildman–Crippen MR) is 90.4 cm³/mol. The number of hydrogen-bond acceptors (Lipinski definition) is 3. The molecule has 25 heavy (non-hydrogen) atoms. The van der Waals surface area contributed by atoms with Crippen LogP contribution in [0.3, 0.4) is 0 Å². The zero-order valence-electron chi connectivity index (χ0n) is 14.6. The molecular weight excluding hydrogens is 328 g/mol. The maximum atomic E-state index is 13.3. The van der Waals surface area contributed by atoms with Crippen molar-refractivity contribution in [2.75, 3.05) is 26.2 Å². The Bertz CT molecular complexity index is 679. The lowest BCUT2D eigenvalue weighted by atomic mass is 9.94. The average molecular weight is 353 g/mol. The number of aryl methyl sites for hydroxylation is 1. The summed E-state index contributed by atoms with van der Waals surface area (Å²) in [4.78, 5) is 28.2. The highest BCUT2D eigenvalue weighted by Gasteiger charge is 2.38. The van der Waals surface area contributed by atoms with Gasteiger partial charge in [0.05, 0.1) is 5.92 Å². The number of hydrogen-bond donors (Lipinski definition) is 0. The topological polar surface area (TPSA) is 45.6 Å². The number of nitrogens with zero attached hydrogens (tertiary/aromatic N) is 3. The molecule has 0 radical (unpaired) electrons. The van der Waals surface area contributed by atoms with Crippen LogP contribution in [0.15, 0.2) is 23.1 Å². The number of alkyl halides is 2. The fourth-order valence-electron chi connectivity index (χ4n) is 3.66. The Hall–Kier alpha value is -1.76. The van der Waals surface area contributed by atoms with Crippen LogP contribution in [-0.4, -0.2) is 52.4 Å². The number of aromatic nitrogens is 1. The summed E-state index contributed by atoms with van der Waals surface area (Å²) >= 11 is 0. The smallest absolute Gasteiger partial charge is 0.251 e. The van der Waals surface area contributed by atoms with Crippen LogP contribution in [0.5, 0.6) is 0 Å². The fourth-order valence-corrected chi connectivity index (χ4v) is 3.66. The molecule has 1 aromatic heterocycles. The van der Waals surface area contributed by atoms with Crippen LogP contribution in [-0.2, 0) is 18.4 Å². The third-order valence-electron chi connectivity index (χ3n) is 5.24. The van der Waals surface area contributed by atoms with Crippen LogP contribution in [0, 0.1) is 5.92 Å². The molecule has 0 aromatic carbocycles. The Morgan fingerprint density at radius 1 is 1.28 bits per heavy atom. The molecule has 2 fully saturated rings. The van der Waals surface area contributed by atoms with Gasteiger partial charge in [-0.2, -0.15) is 0 Å². The van der Waals surface area contributed by atoms with E-state index in [0.29, 0.717) is 13.1 Å². The van der Waals surface area contributed by atoms with E-state index in [1.807, 2.05) is 6.07 Å². The standard InChI is InChI=1S/C18H25F2N3O2/c1-21-8-4-14(11-16(21)24)12-22-7-2-3-15(13-22)17(25)23-9-5-18(19,20)6-10-23/h4,8,11,15H,2-3,5-7,9-10,12-13H2,1H3. The largest absolute Gasteiger partial charge is 0.342 e. The number of carbonyl (C=O) groups is 1. The Kier molecular flexibility index (Phi) is 5.22. The monoisotopic (exact) mass is 353 g/mol. The van der Waals surface area contributed by atoms with Gasteiger partial charge in [0.15, 0.2) is 0 Å². The second kappa shape index (κ2) is 7.23. The molecule has 138 valence electrons. The summed E-state index contributed by atoms with van der Waals surface area (Å²) in [5, 5.41) is 0. The van der Waals surface area contributed by atoms with Crippen molar-refractivity contribution >= 4 is 5.91 Å². The number of carbonyl (C=O) groups excluding carboxylic acids is 1. The highest BCUT2D eigenvalue weighted by atomic mass is 19.3. The van der Waals surface area contributed by atoms with Gasteiger partial charge in [0.1, 0.15) is 0 Å². The van der Waals surface area contributed by atoms with E-state index in [0.717, 1.165) is 24.9 Å². The molecule has 0 N–H and O–H groups in total. The first kappa shape index (κ1) is 18.0. The second-order valence-electron chi connectivity index (χ2n) is 7.24. The minimum absolute atomic E-state index is 0.00387. The maximum Gasteiger partial charge on any atom is 0.251 e. The Labute approximate surface area is 146 Å². The van der Waals surface area contributed by atoms with Crippen molar-refractivity contribution in [2.24, 2.45) is 13.0 Å². The molecule has 1 atom stereocenters. The SMILES string of the molecule is Cn1ccc(CN2CCCC(C(=O)N3CCC(F)(F)CC3)C2)cc1=O.